The zero-order valence-corrected chi connectivity index (χ0v) is 20.9. The first-order chi connectivity index (χ1) is 16.6. The minimum Gasteiger partial charge on any atom is -0.342 e. The van der Waals surface area contributed by atoms with E-state index in [1.54, 1.807) is 20.3 Å². The molecule has 2 aromatic rings. The second-order valence-electron chi connectivity index (χ2n) is 9.43. The van der Waals surface area contributed by atoms with Gasteiger partial charge in [0, 0.05) is 26.7 Å². The Bertz CT molecular complexity index is 1030. The number of nitrogens with one attached hydrogen (secondary N) is 2. The van der Waals surface area contributed by atoms with Crippen molar-refractivity contribution in [2.24, 2.45) is 0 Å². The van der Waals surface area contributed by atoms with Crippen molar-refractivity contribution in [3.05, 3.63) is 65.5 Å². The van der Waals surface area contributed by atoms with Crippen LogP contribution in [-0.2, 0) is 9.59 Å². The molecule has 0 saturated carbocycles. The molecule has 4 amide bonds. The first kappa shape index (κ1) is 26.1. The van der Waals surface area contributed by atoms with E-state index in [1.165, 1.54) is 16.7 Å². The monoisotopic (exact) mass is 483 g/mol. The number of halogens is 1. The molecule has 1 aliphatic rings. The summed E-state index contributed by atoms with van der Waals surface area (Å²) >= 11 is 0. The molecule has 9 heteroatoms. The van der Waals surface area contributed by atoms with E-state index in [2.05, 4.69) is 29.5 Å². The van der Waals surface area contributed by atoms with Gasteiger partial charge in [-0.3, -0.25) is 14.6 Å². The Morgan fingerprint density at radius 2 is 1.71 bits per heavy atom. The van der Waals surface area contributed by atoms with Gasteiger partial charge in [0.2, 0.25) is 11.8 Å². The summed E-state index contributed by atoms with van der Waals surface area (Å²) < 4.78 is 14.4. The van der Waals surface area contributed by atoms with Gasteiger partial charge in [-0.1, -0.05) is 50.2 Å². The molecule has 0 aliphatic carbocycles. The van der Waals surface area contributed by atoms with Gasteiger partial charge in [-0.05, 0) is 30.0 Å². The van der Waals surface area contributed by atoms with E-state index in [0.717, 1.165) is 11.1 Å². The van der Waals surface area contributed by atoms with Crippen LogP contribution in [-0.4, -0.2) is 71.5 Å². The molecule has 0 radical (unpaired) electrons. The normalized spacial score (nSPS) is 19.2. The van der Waals surface area contributed by atoms with Gasteiger partial charge in [-0.25, -0.2) is 9.18 Å². The predicted molar refractivity (Wildman–Crippen MR) is 131 cm³/mol. The zero-order chi connectivity index (χ0) is 25.7. The quantitative estimate of drug-likeness (QED) is 0.633. The molecule has 2 N–H and O–H groups in total. The van der Waals surface area contributed by atoms with Gasteiger partial charge in [0.05, 0.1) is 18.3 Å². The third kappa shape index (κ3) is 6.35. The molecule has 1 fully saturated rings. The van der Waals surface area contributed by atoms with Crippen LogP contribution in [0.2, 0.25) is 0 Å². The third-order valence-corrected chi connectivity index (χ3v) is 6.14. The number of carbonyl (C=O) groups excluding carboxylic acids is 3. The van der Waals surface area contributed by atoms with Gasteiger partial charge < -0.3 is 20.4 Å². The van der Waals surface area contributed by atoms with E-state index in [-0.39, 0.29) is 13.0 Å². The van der Waals surface area contributed by atoms with E-state index in [0.29, 0.717) is 11.6 Å². The highest BCUT2D eigenvalue weighted by Crippen LogP contribution is 2.26. The van der Waals surface area contributed by atoms with Crippen molar-refractivity contribution in [2.75, 3.05) is 20.6 Å². The van der Waals surface area contributed by atoms with E-state index < -0.39 is 42.1 Å². The smallest absolute Gasteiger partial charge is 0.317 e. The summed E-state index contributed by atoms with van der Waals surface area (Å²) in [6.07, 6.45) is 0.359. The van der Waals surface area contributed by atoms with Crippen LogP contribution in [0.5, 0.6) is 0 Å². The molecule has 0 spiro atoms. The Labute approximate surface area is 205 Å². The van der Waals surface area contributed by atoms with Crippen molar-refractivity contribution in [3.8, 4) is 0 Å². The van der Waals surface area contributed by atoms with Crippen molar-refractivity contribution in [1.29, 1.82) is 0 Å². The van der Waals surface area contributed by atoms with Crippen LogP contribution in [0.3, 0.4) is 0 Å². The Hall–Kier alpha value is -3.49. The molecule has 1 saturated heterocycles. The lowest BCUT2D eigenvalue weighted by Gasteiger charge is -2.29. The maximum absolute atomic E-state index is 14.4. The summed E-state index contributed by atoms with van der Waals surface area (Å²) in [6.45, 7) is 5.48. The van der Waals surface area contributed by atoms with Gasteiger partial charge in [-0.2, -0.15) is 0 Å². The van der Waals surface area contributed by atoms with E-state index in [4.69, 9.17) is 0 Å². The number of rotatable bonds is 7. The molecule has 3 rings (SSSR count). The summed E-state index contributed by atoms with van der Waals surface area (Å²) in [6, 6.07) is 10.4. The molecule has 1 aromatic carbocycles. The minimum atomic E-state index is -1.33. The summed E-state index contributed by atoms with van der Waals surface area (Å²) in [5.74, 6) is -0.653. The first-order valence-corrected chi connectivity index (χ1v) is 11.8. The minimum absolute atomic E-state index is 0.104. The van der Waals surface area contributed by atoms with E-state index in [9.17, 15) is 18.8 Å². The predicted octanol–water partition coefficient (Wildman–Crippen LogP) is 3.01. The standard InChI is InChI=1S/C26H34FN5O3/c1-16(2)19-11-12-21(28-14-19)23(18-9-7-6-8-10-18)30-24(33)22-13-20(27)15-32(22)25(34)17(3)29-26(35)31(4)5/h6-12,14,16-17,20,22-23H,13,15H2,1-5H3,(H,29,35)(H,30,33)/t17-,20-,22+,23+/m1/s1. The topological polar surface area (TPSA) is 94.6 Å². The SMILES string of the molecule is CC(C)c1ccc([C@@H](NC(=O)[C@@H]2C[C@@H](F)CN2C(=O)[C@@H](C)NC(=O)N(C)C)c2ccccc2)nc1. The fourth-order valence-corrected chi connectivity index (χ4v) is 4.04. The van der Waals surface area contributed by atoms with Crippen molar-refractivity contribution >= 4 is 17.8 Å². The van der Waals surface area contributed by atoms with Crippen LogP contribution in [0.15, 0.2) is 48.7 Å². The van der Waals surface area contributed by atoms with E-state index in [1.807, 2.05) is 42.5 Å². The number of pyridine rings is 1. The maximum Gasteiger partial charge on any atom is 0.317 e. The number of benzene rings is 1. The van der Waals surface area contributed by atoms with Crippen LogP contribution in [0, 0.1) is 0 Å². The molecule has 1 aliphatic heterocycles. The summed E-state index contributed by atoms with van der Waals surface area (Å²) in [7, 11) is 3.11. The molecule has 4 atom stereocenters. The van der Waals surface area contributed by atoms with Gasteiger partial charge in [0.1, 0.15) is 18.3 Å². The number of urea groups is 1. The second kappa shape index (κ2) is 11.3. The third-order valence-electron chi connectivity index (χ3n) is 6.14. The average molecular weight is 484 g/mol. The van der Waals surface area contributed by atoms with Gasteiger partial charge in [0.15, 0.2) is 0 Å². The van der Waals surface area contributed by atoms with Crippen LogP contribution in [0.1, 0.15) is 56.0 Å². The largest absolute Gasteiger partial charge is 0.342 e. The van der Waals surface area contributed by atoms with Crippen molar-refractivity contribution in [2.45, 2.75) is 57.4 Å². The molecule has 8 nitrogen and oxygen atoms in total. The van der Waals surface area contributed by atoms with Crippen LogP contribution in [0.25, 0.3) is 0 Å². The highest BCUT2D eigenvalue weighted by Gasteiger charge is 2.42. The summed E-state index contributed by atoms with van der Waals surface area (Å²) in [4.78, 5) is 45.5. The Kier molecular flexibility index (Phi) is 8.43. The number of aromatic nitrogens is 1. The lowest BCUT2D eigenvalue weighted by Crippen LogP contribution is -2.54. The van der Waals surface area contributed by atoms with Gasteiger partial charge >= 0.3 is 6.03 Å². The number of alkyl halides is 1. The fraction of sp³-hybridized carbons (Fsp3) is 0.462. The molecule has 0 unspecified atom stereocenters. The lowest BCUT2D eigenvalue weighted by molar-refractivity contribution is -0.139. The molecular formula is C26H34FN5O3. The molecule has 0 bridgehead atoms. The van der Waals surface area contributed by atoms with E-state index >= 15 is 0 Å². The number of hydrogen-bond acceptors (Lipinski definition) is 4. The van der Waals surface area contributed by atoms with Crippen molar-refractivity contribution in [3.63, 3.8) is 0 Å². The highest BCUT2D eigenvalue weighted by molar-refractivity contribution is 5.92. The first-order valence-electron chi connectivity index (χ1n) is 11.8. The maximum atomic E-state index is 14.4. The lowest BCUT2D eigenvalue weighted by atomic mass is 10.00. The Balaban J connectivity index is 1.82. The number of amides is 4. The van der Waals surface area contributed by atoms with Crippen LogP contribution in [0.4, 0.5) is 9.18 Å². The summed E-state index contributed by atoms with van der Waals surface area (Å²) in [5, 5.41) is 5.55. The number of likely N-dealkylation sites (tertiary alicyclic amines) is 1. The molecular weight excluding hydrogens is 449 g/mol. The summed E-state index contributed by atoms with van der Waals surface area (Å²) in [5.41, 5.74) is 2.55. The van der Waals surface area contributed by atoms with Crippen LogP contribution >= 0.6 is 0 Å². The Morgan fingerprint density at radius 3 is 2.29 bits per heavy atom. The number of carbonyl (C=O) groups is 3. The highest BCUT2D eigenvalue weighted by atomic mass is 19.1. The Morgan fingerprint density at radius 1 is 1.03 bits per heavy atom. The number of hydrogen-bond donors (Lipinski definition) is 2. The van der Waals surface area contributed by atoms with Gasteiger partial charge in [-0.15, -0.1) is 0 Å². The molecule has 2 heterocycles. The fourth-order valence-electron chi connectivity index (χ4n) is 4.04. The van der Waals surface area contributed by atoms with Crippen molar-refractivity contribution < 1.29 is 18.8 Å². The molecule has 188 valence electrons. The molecule has 1 aromatic heterocycles. The zero-order valence-electron chi connectivity index (χ0n) is 20.9. The number of nitrogens with zero attached hydrogens (tertiary/aromatic N) is 3. The van der Waals surface area contributed by atoms with Crippen LogP contribution < -0.4 is 10.6 Å². The molecule has 35 heavy (non-hydrogen) atoms. The second-order valence-corrected chi connectivity index (χ2v) is 9.43. The average Bonchev–Trinajstić information content (AvgIpc) is 3.24. The van der Waals surface area contributed by atoms with Gasteiger partial charge in [0.25, 0.3) is 0 Å². The van der Waals surface area contributed by atoms with Crippen molar-refractivity contribution in [1.82, 2.24) is 25.4 Å².